The summed E-state index contributed by atoms with van der Waals surface area (Å²) in [5.41, 5.74) is 6.46. The van der Waals surface area contributed by atoms with Gasteiger partial charge >= 0.3 is 57.5 Å². The van der Waals surface area contributed by atoms with E-state index >= 15 is 0 Å². The van der Waals surface area contributed by atoms with Gasteiger partial charge in [-0.05, 0) is 128 Å². The summed E-state index contributed by atoms with van der Waals surface area (Å²) < 4.78 is 302. The molecule has 0 aliphatic carbocycles. The lowest BCUT2D eigenvalue weighted by atomic mass is 9.73. The zero-order valence-corrected chi connectivity index (χ0v) is 79.4. The highest BCUT2D eigenvalue weighted by molar-refractivity contribution is 7.87. The maximum atomic E-state index is 13.0. The van der Waals surface area contributed by atoms with Crippen LogP contribution in [0.2, 0.25) is 0 Å². The standard InChI is InChI=1S/C58H79N3O17S5.C11H23N3O21P6.O3S/c1-5-6-7-10-18-34-59-54(63)26-17-9-8-13-22-43(62)23-14-12-19-35-60-49-32-30-46-48(40-45(82(73,74)75)41-51(46)83(76,77)78)55(49)57(2,3)52(60)24-15-11-16-25-53-58(4,33-20-37-79(64,65)66)56-47-39-44(81(70,71)72)29-27-42(47)28-31-50(56)61(53)36-21-38-80(67,68)69;1-7-13-10(12)3-4-14(7)11-5-8(15)9(30-11)6-29-37(18,19)32-39(22,23)34-41(26,27)35-40(24,25)33-38(20,21)31-36(16,17)28-2;1-4(2)3/h11,15-16,24-25,27-32,39-41,53H,5-10,12-14,17-23,26,33-38H2,1-4H3,(H,59,63)(H,64,65,66)(H,67,68,69)(H,70,71,72)(H,73,74,75)(H,76,77,78);3-4,8-9,11,15H,1,5-6H2,2H3,(H2,12,13)(H,16,17)(H,18,19)(H,20,21)(H,22,23)(H,24,25)(H,26,27);/b15-11+,25-16+,52-24+;;/t;8-,9-,11-;/m.1./s1. The smallest absolute Gasteiger partial charge is 0.490 e. The van der Waals surface area contributed by atoms with Crippen LogP contribution >= 0.6 is 46.9 Å². The minimum Gasteiger partial charge on any atom is -0.748 e. The Balaban J connectivity index is 0.000000468. The van der Waals surface area contributed by atoms with Crippen LogP contribution in [0, 0.1) is 0 Å². The van der Waals surface area contributed by atoms with Crippen molar-refractivity contribution in [3.63, 3.8) is 0 Å². The highest BCUT2D eigenvalue weighted by atomic mass is 32.2. The number of benzene rings is 4. The summed E-state index contributed by atoms with van der Waals surface area (Å²) in [4.78, 5) is 87.4. The van der Waals surface area contributed by atoms with E-state index < -0.39 is 176 Å². The van der Waals surface area contributed by atoms with Gasteiger partial charge in [-0.1, -0.05) is 103 Å². The molecule has 59 heteroatoms. The van der Waals surface area contributed by atoms with Crippen molar-refractivity contribution in [3.8, 4) is 0 Å². The number of unbranched alkanes of at least 4 members (excludes halogenated alkanes) is 9. The molecule has 4 aromatic carbocycles. The molecule has 1 fully saturated rings. The second kappa shape index (κ2) is 46.0. The van der Waals surface area contributed by atoms with Gasteiger partial charge in [-0.25, -0.2) is 40.8 Å². The van der Waals surface area contributed by atoms with Gasteiger partial charge in [0.2, 0.25) is 5.91 Å². The summed E-state index contributed by atoms with van der Waals surface area (Å²) in [5.74, 6) is -0.822. The normalized spacial score (nSPS) is 22.2. The van der Waals surface area contributed by atoms with E-state index in [1.54, 1.807) is 36.4 Å². The monoisotopic (exact) mass is 2050 g/mol. The molecule has 1 saturated heterocycles. The molecule has 0 saturated carbocycles. The number of anilines is 1. The number of allylic oxidation sites excluding steroid dienone is 5. The minimum atomic E-state index is -6.37. The second-order valence-corrected chi connectivity index (χ2v) is 47.3. The lowest BCUT2D eigenvalue weighted by Gasteiger charge is -2.31. The molecule has 4 heterocycles. The number of Topliss-reactive ketones (excluding diaryl/α,β-unsaturated/α-hetero) is 1. The molecule has 720 valence electrons. The number of amides is 1. The number of ketones is 1. The molecule has 47 nitrogen and oxygen atoms in total. The SMILES string of the molecule is C=C1N=C(N)C=CN1[C@H]1C[C@@H](O)[C@@H](COP(=O)(O)OP(=O)(O)OP(=O)(O)OP(=O)(O)OP(=O)(O)OP(=O)(O)OC)O1.CCCCCCCNC(=O)CCCCCCC(=O)CCCCCN1/C(=C/C=C/C=C/C2[NH+](CCCS(=O)(=O)[O-])c3ccc4ccc(S(=O)(=O)O)cc4c3C2(C)CCCS(=O)(=O)O)C(C)(C)c2c1ccc1c(S(=O)(=O)O)cc(S(=O)(=O)O)cc21.O=S(=O)=O. The van der Waals surface area contributed by atoms with E-state index in [-0.39, 0.29) is 66.3 Å². The van der Waals surface area contributed by atoms with Gasteiger partial charge in [0.1, 0.15) is 46.4 Å². The molecule has 8 rings (SSSR count). The molecule has 4 aliphatic heterocycles. The fraction of sp³-hybridized carbons (Fsp3) is 0.522. The molecule has 4 aromatic rings. The molecule has 9 unspecified atom stereocenters. The number of aliphatic hydroxyl groups is 1. The Morgan fingerprint density at radius 2 is 1.21 bits per heavy atom. The molecule has 0 aromatic heterocycles. The van der Waals surface area contributed by atoms with Crippen molar-refractivity contribution >= 4 is 159 Å². The summed E-state index contributed by atoms with van der Waals surface area (Å²) in [6.07, 6.45) is 19.9. The van der Waals surface area contributed by atoms with E-state index in [9.17, 15) is 131 Å². The van der Waals surface area contributed by atoms with Crippen LogP contribution < -0.4 is 20.9 Å². The Bertz CT molecular complexity index is 5960. The number of amidine groups is 1. The summed E-state index contributed by atoms with van der Waals surface area (Å²) in [6, 6.07) is 12.0. The fourth-order valence-electron chi connectivity index (χ4n) is 14.8. The summed E-state index contributed by atoms with van der Waals surface area (Å²) in [5, 5.41) is 14.3. The van der Waals surface area contributed by atoms with Crippen LogP contribution in [0.4, 0.5) is 11.4 Å². The number of rotatable bonds is 48. The van der Waals surface area contributed by atoms with E-state index in [1.807, 2.05) is 37.8 Å². The number of nitrogens with two attached hydrogens (primary N) is 1. The molecule has 0 bridgehead atoms. The van der Waals surface area contributed by atoms with Crippen molar-refractivity contribution in [1.29, 1.82) is 0 Å². The summed E-state index contributed by atoms with van der Waals surface area (Å²) in [7, 11) is -62.4. The van der Waals surface area contributed by atoms with Gasteiger partial charge in [-0.15, -0.1) is 12.6 Å². The van der Waals surface area contributed by atoms with E-state index in [4.69, 9.17) is 28.0 Å². The highest BCUT2D eigenvalue weighted by Crippen LogP contribution is 2.75. The van der Waals surface area contributed by atoms with Crippen LogP contribution in [-0.4, -0.2) is 204 Å². The van der Waals surface area contributed by atoms with Gasteiger partial charge in [0.05, 0.1) is 50.3 Å². The number of hydrogen-bond donors (Lipinski definition) is 14. The predicted molar refractivity (Wildman–Crippen MR) is 457 cm³/mol. The Kier molecular flexibility index (Phi) is 39.9. The van der Waals surface area contributed by atoms with Crippen molar-refractivity contribution < 1.29 is 189 Å². The van der Waals surface area contributed by atoms with Crippen molar-refractivity contribution in [2.24, 2.45) is 10.7 Å². The lowest BCUT2D eigenvalue weighted by Crippen LogP contribution is -3.11. The van der Waals surface area contributed by atoms with Gasteiger partial charge in [-0.3, -0.25) is 41.7 Å². The Morgan fingerprint density at radius 3 is 1.77 bits per heavy atom. The number of hydrogen-bond acceptors (Lipinski definition) is 35. The van der Waals surface area contributed by atoms with Crippen LogP contribution in [0.5, 0.6) is 0 Å². The number of ether oxygens (including phenoxy) is 1. The van der Waals surface area contributed by atoms with Crippen molar-refractivity contribution in [3.05, 3.63) is 126 Å². The molecule has 12 atom stereocenters. The third-order valence-electron chi connectivity index (χ3n) is 20.2. The van der Waals surface area contributed by atoms with Crippen LogP contribution in [0.15, 0.2) is 135 Å². The maximum Gasteiger partial charge on any atom is 0.490 e. The zero-order valence-electron chi connectivity index (χ0n) is 69.2. The topological polar surface area (TPSA) is 739 Å². The molecule has 15 N–H and O–H groups in total. The number of phosphoric ester groups is 2. The van der Waals surface area contributed by atoms with E-state index in [0.29, 0.717) is 109 Å². The first-order valence-electron chi connectivity index (χ1n) is 38.7. The van der Waals surface area contributed by atoms with E-state index in [1.165, 1.54) is 66.8 Å². The third-order valence-corrected chi connectivity index (χ3v) is 33.5. The zero-order chi connectivity index (χ0) is 96.4. The number of carbonyl (C=O) groups excluding carboxylic acids is 2. The first-order chi connectivity index (χ1) is 58.9. The number of nitrogens with zero attached hydrogens (tertiary/aromatic N) is 3. The van der Waals surface area contributed by atoms with Crippen molar-refractivity contribution in [2.45, 2.75) is 200 Å². The molecule has 128 heavy (non-hydrogen) atoms. The van der Waals surface area contributed by atoms with Crippen LogP contribution in [-0.2, 0) is 144 Å². The first-order valence-corrected chi connectivity index (χ1v) is 56.2. The Hall–Kier alpha value is -5.78. The molecular formula is C69H102N6O41P6S6. The summed E-state index contributed by atoms with van der Waals surface area (Å²) in [6.45, 7) is 11.6. The molecule has 0 spiro atoms. The van der Waals surface area contributed by atoms with Crippen LogP contribution in [0.1, 0.15) is 161 Å². The number of quaternary nitrogens is 1. The number of aliphatic imine (C=N–C) groups is 1. The van der Waals surface area contributed by atoms with Crippen molar-refractivity contribution in [2.75, 3.05) is 49.8 Å². The van der Waals surface area contributed by atoms with Gasteiger partial charge in [0, 0.05) is 98.1 Å². The average Bonchev–Trinajstić information content (AvgIpc) is 1.56. The first kappa shape index (κ1) is 111. The van der Waals surface area contributed by atoms with Gasteiger partial charge in [0.25, 0.3) is 40.5 Å². The van der Waals surface area contributed by atoms with Crippen LogP contribution in [0.25, 0.3) is 21.5 Å². The van der Waals surface area contributed by atoms with Gasteiger partial charge in [-0.2, -0.15) is 55.2 Å². The van der Waals surface area contributed by atoms with E-state index in [0.717, 1.165) is 38.5 Å². The second-order valence-electron chi connectivity index (χ2n) is 30.1. The van der Waals surface area contributed by atoms with Gasteiger partial charge < -0.3 is 64.6 Å². The largest absolute Gasteiger partial charge is 0.748 e. The minimum absolute atomic E-state index is 0.0120. The third kappa shape index (κ3) is 34.3. The average molecular weight is 2050 g/mol. The number of phosphoric acid groups is 6. The Labute approximate surface area is 740 Å². The predicted octanol–water partition coefficient (Wildman–Crippen LogP) is 8.31. The van der Waals surface area contributed by atoms with Crippen molar-refractivity contribution in [1.82, 2.24) is 10.2 Å². The molecular weight excluding hydrogens is 1950 g/mol. The number of aliphatic hydroxyl groups excluding tert-OH is 1. The lowest BCUT2D eigenvalue weighted by molar-refractivity contribution is -0.850. The fourth-order valence-corrected chi connectivity index (χ4v) is 25.2. The highest BCUT2D eigenvalue weighted by Gasteiger charge is 2.53. The molecule has 1 amide bonds. The Morgan fingerprint density at radius 1 is 0.664 bits per heavy atom. The summed E-state index contributed by atoms with van der Waals surface area (Å²) >= 11 is 0. The number of nitrogens with one attached hydrogen (secondary N) is 2. The number of carbonyl (C=O) groups is 2. The molecule has 0 radical (unpaired) electrons. The quantitative estimate of drug-likeness (QED) is 0.00855. The number of fused-ring (bicyclic) bond motifs is 6. The van der Waals surface area contributed by atoms with Gasteiger partial charge in [0.15, 0.2) is 0 Å². The van der Waals surface area contributed by atoms with Crippen LogP contribution in [0.3, 0.4) is 0 Å². The molecule has 4 aliphatic rings. The van der Waals surface area contributed by atoms with E-state index in [2.05, 4.69) is 54.4 Å². The maximum absolute atomic E-state index is 13.0.